The summed E-state index contributed by atoms with van der Waals surface area (Å²) in [6, 6.07) is 24.2. The third kappa shape index (κ3) is 6.03. The van der Waals surface area contributed by atoms with Crippen molar-refractivity contribution in [1.82, 2.24) is 14.8 Å². The Labute approximate surface area is 201 Å². The van der Waals surface area contributed by atoms with E-state index in [2.05, 4.69) is 22.1 Å². The van der Waals surface area contributed by atoms with Crippen LogP contribution in [0.3, 0.4) is 0 Å². The fraction of sp³-hybridized carbons (Fsp3) is 0.0800. The van der Waals surface area contributed by atoms with Gasteiger partial charge in [-0.15, -0.1) is 16.8 Å². The van der Waals surface area contributed by atoms with Crippen molar-refractivity contribution in [2.24, 2.45) is 0 Å². The number of thioether (sulfide) groups is 1. The molecule has 0 atom stereocenters. The van der Waals surface area contributed by atoms with Crippen molar-refractivity contribution in [2.45, 2.75) is 11.7 Å². The molecule has 0 aliphatic rings. The van der Waals surface area contributed by atoms with Gasteiger partial charge in [0.25, 0.3) is 0 Å². The van der Waals surface area contributed by atoms with Crippen LogP contribution in [0, 0.1) is 0 Å². The number of carbonyl (C=O) groups is 1. The van der Waals surface area contributed by atoms with Crippen LogP contribution in [0.2, 0.25) is 5.02 Å². The molecule has 1 amide bonds. The number of rotatable bonds is 9. The number of anilines is 1. The first-order chi connectivity index (χ1) is 16.1. The van der Waals surface area contributed by atoms with Crippen LogP contribution in [-0.2, 0) is 11.3 Å². The summed E-state index contributed by atoms with van der Waals surface area (Å²) in [6.07, 6.45) is 1.76. The van der Waals surface area contributed by atoms with E-state index in [1.807, 2.05) is 65.2 Å². The van der Waals surface area contributed by atoms with E-state index in [4.69, 9.17) is 16.3 Å². The van der Waals surface area contributed by atoms with Crippen LogP contribution < -0.4 is 10.1 Å². The lowest BCUT2D eigenvalue weighted by molar-refractivity contribution is -0.113. The Morgan fingerprint density at radius 3 is 2.52 bits per heavy atom. The van der Waals surface area contributed by atoms with Gasteiger partial charge >= 0.3 is 0 Å². The van der Waals surface area contributed by atoms with Gasteiger partial charge in [0, 0.05) is 22.8 Å². The van der Waals surface area contributed by atoms with Gasteiger partial charge in [-0.1, -0.05) is 59.8 Å². The van der Waals surface area contributed by atoms with Gasteiger partial charge < -0.3 is 10.1 Å². The maximum atomic E-state index is 12.5. The molecule has 0 fully saturated rings. The Balaban J connectivity index is 1.37. The average Bonchev–Trinajstić information content (AvgIpc) is 3.22. The minimum atomic E-state index is -0.144. The van der Waals surface area contributed by atoms with Crippen LogP contribution in [-0.4, -0.2) is 26.4 Å². The smallest absolute Gasteiger partial charge is 0.234 e. The number of allylic oxidation sites excluding steroid dienone is 1. The van der Waals surface area contributed by atoms with E-state index in [0.717, 1.165) is 11.3 Å². The van der Waals surface area contributed by atoms with Crippen molar-refractivity contribution in [1.29, 1.82) is 0 Å². The Bertz CT molecular complexity index is 1240. The molecule has 6 nitrogen and oxygen atoms in total. The number of aromatic nitrogens is 3. The lowest BCUT2D eigenvalue weighted by atomic mass is 10.2. The first kappa shape index (κ1) is 22.6. The highest BCUT2D eigenvalue weighted by Gasteiger charge is 2.15. The van der Waals surface area contributed by atoms with E-state index in [9.17, 15) is 4.79 Å². The Kier molecular flexibility index (Phi) is 7.44. The molecular weight excluding hydrogens is 456 g/mol. The molecule has 1 aromatic heterocycles. The number of hydrogen-bond acceptors (Lipinski definition) is 5. The van der Waals surface area contributed by atoms with Crippen molar-refractivity contribution in [3.05, 3.63) is 96.5 Å². The minimum absolute atomic E-state index is 0.144. The molecule has 0 aliphatic heterocycles. The number of benzene rings is 3. The molecule has 0 spiro atoms. The number of carbonyl (C=O) groups excluding carboxylic acids is 1. The van der Waals surface area contributed by atoms with Gasteiger partial charge in [0.1, 0.15) is 11.5 Å². The number of ether oxygens (including phenoxy) is 1. The van der Waals surface area contributed by atoms with Gasteiger partial charge in [0.2, 0.25) is 5.91 Å². The highest BCUT2D eigenvalue weighted by atomic mass is 35.5. The molecule has 1 heterocycles. The summed E-state index contributed by atoms with van der Waals surface area (Å²) < 4.78 is 7.68. The summed E-state index contributed by atoms with van der Waals surface area (Å²) in [7, 11) is 0. The number of amides is 1. The fourth-order valence-corrected chi connectivity index (χ4v) is 4.03. The number of halogens is 1. The maximum Gasteiger partial charge on any atom is 0.234 e. The van der Waals surface area contributed by atoms with Crippen molar-refractivity contribution >= 4 is 35.0 Å². The van der Waals surface area contributed by atoms with E-state index >= 15 is 0 Å². The van der Waals surface area contributed by atoms with Crippen LogP contribution in [0.5, 0.6) is 11.5 Å². The largest absolute Gasteiger partial charge is 0.457 e. The summed E-state index contributed by atoms with van der Waals surface area (Å²) >= 11 is 7.43. The molecule has 4 aromatic rings. The summed E-state index contributed by atoms with van der Waals surface area (Å²) in [5.74, 6) is 2.17. The molecule has 0 saturated carbocycles. The van der Waals surface area contributed by atoms with Crippen LogP contribution in [0.4, 0.5) is 5.69 Å². The standard InChI is InChI=1S/C25H21ClN4O2S/c1-2-15-30-24(18-7-6-8-19(26)16-18)28-29-25(30)33-17-23(31)27-20-11-13-22(14-12-20)32-21-9-4-3-5-10-21/h2-14,16H,1,15,17H2,(H,27,31). The second-order valence-electron chi connectivity index (χ2n) is 6.99. The predicted octanol–water partition coefficient (Wildman–Crippen LogP) is 6.31. The van der Waals surface area contributed by atoms with Gasteiger partial charge in [-0.05, 0) is 48.5 Å². The van der Waals surface area contributed by atoms with Crippen molar-refractivity contribution in [3.63, 3.8) is 0 Å². The number of nitrogens with one attached hydrogen (secondary N) is 1. The second-order valence-corrected chi connectivity index (χ2v) is 8.37. The van der Waals surface area contributed by atoms with Crippen molar-refractivity contribution in [2.75, 3.05) is 11.1 Å². The second kappa shape index (κ2) is 10.8. The van der Waals surface area contributed by atoms with E-state index in [1.165, 1.54) is 11.8 Å². The molecule has 0 bridgehead atoms. The Morgan fingerprint density at radius 1 is 1.03 bits per heavy atom. The van der Waals surface area contributed by atoms with E-state index < -0.39 is 0 Å². The van der Waals surface area contributed by atoms with Crippen LogP contribution >= 0.6 is 23.4 Å². The number of nitrogens with zero attached hydrogens (tertiary/aromatic N) is 3. The monoisotopic (exact) mass is 476 g/mol. The highest BCUT2D eigenvalue weighted by molar-refractivity contribution is 7.99. The highest BCUT2D eigenvalue weighted by Crippen LogP contribution is 2.26. The molecule has 33 heavy (non-hydrogen) atoms. The Morgan fingerprint density at radius 2 is 1.79 bits per heavy atom. The summed E-state index contributed by atoms with van der Waals surface area (Å²) in [6.45, 7) is 4.33. The van der Waals surface area contributed by atoms with Gasteiger partial charge in [-0.3, -0.25) is 9.36 Å². The zero-order valence-corrected chi connectivity index (χ0v) is 19.2. The van der Waals surface area contributed by atoms with Crippen LogP contribution in [0.1, 0.15) is 0 Å². The molecular formula is C25H21ClN4O2S. The van der Waals surface area contributed by atoms with Gasteiger partial charge in [0.05, 0.1) is 5.75 Å². The first-order valence-corrected chi connectivity index (χ1v) is 11.5. The zero-order chi connectivity index (χ0) is 23.0. The van der Waals surface area contributed by atoms with Crippen LogP contribution in [0.25, 0.3) is 11.4 Å². The molecule has 0 unspecified atom stereocenters. The molecule has 0 radical (unpaired) electrons. The lowest BCUT2D eigenvalue weighted by Crippen LogP contribution is -2.14. The van der Waals surface area contributed by atoms with Crippen molar-refractivity contribution in [3.8, 4) is 22.9 Å². The maximum absolute atomic E-state index is 12.5. The minimum Gasteiger partial charge on any atom is -0.457 e. The molecule has 8 heteroatoms. The SMILES string of the molecule is C=CCn1c(SCC(=O)Nc2ccc(Oc3ccccc3)cc2)nnc1-c1cccc(Cl)c1. The lowest BCUT2D eigenvalue weighted by Gasteiger charge is -2.09. The van der Waals surface area contributed by atoms with E-state index in [1.54, 1.807) is 24.3 Å². The molecule has 1 N–H and O–H groups in total. The van der Waals surface area contributed by atoms with Crippen LogP contribution in [0.15, 0.2) is 96.7 Å². The normalized spacial score (nSPS) is 10.6. The number of para-hydroxylation sites is 1. The van der Waals surface area contributed by atoms with Gasteiger partial charge in [-0.25, -0.2) is 0 Å². The average molecular weight is 477 g/mol. The summed E-state index contributed by atoms with van der Waals surface area (Å²) in [5.41, 5.74) is 1.54. The van der Waals surface area contributed by atoms with E-state index in [0.29, 0.717) is 34.0 Å². The topological polar surface area (TPSA) is 69.0 Å². The summed E-state index contributed by atoms with van der Waals surface area (Å²) in [5, 5.41) is 12.7. The quantitative estimate of drug-likeness (QED) is 0.226. The zero-order valence-electron chi connectivity index (χ0n) is 17.6. The first-order valence-electron chi connectivity index (χ1n) is 10.2. The third-order valence-electron chi connectivity index (χ3n) is 4.56. The molecule has 166 valence electrons. The number of hydrogen-bond donors (Lipinski definition) is 1. The van der Waals surface area contributed by atoms with E-state index in [-0.39, 0.29) is 11.7 Å². The molecule has 4 rings (SSSR count). The fourth-order valence-electron chi connectivity index (χ4n) is 3.09. The van der Waals surface area contributed by atoms with Crippen molar-refractivity contribution < 1.29 is 9.53 Å². The third-order valence-corrected chi connectivity index (χ3v) is 5.76. The summed E-state index contributed by atoms with van der Waals surface area (Å²) in [4.78, 5) is 12.5. The van der Waals surface area contributed by atoms with Gasteiger partial charge in [-0.2, -0.15) is 0 Å². The molecule has 0 saturated heterocycles. The predicted molar refractivity (Wildman–Crippen MR) is 133 cm³/mol. The van der Waals surface area contributed by atoms with Gasteiger partial charge in [0.15, 0.2) is 11.0 Å². The molecule has 0 aliphatic carbocycles. The Hall–Kier alpha value is -3.55. The molecule has 3 aromatic carbocycles.